The number of aromatic nitrogens is 3. The minimum Gasteiger partial charge on any atom is -0.513 e. The van der Waals surface area contributed by atoms with Crippen LogP contribution >= 0.6 is 0 Å². The average Bonchev–Trinajstić information content (AvgIpc) is 3.51. The Kier molecular flexibility index (Phi) is 6.99. The van der Waals surface area contributed by atoms with Crippen LogP contribution in [0.4, 0.5) is 5.82 Å². The van der Waals surface area contributed by atoms with Crippen LogP contribution in [-0.4, -0.2) is 105 Å². The van der Waals surface area contributed by atoms with Crippen molar-refractivity contribution >= 4 is 23.0 Å². The van der Waals surface area contributed by atoms with Crippen molar-refractivity contribution < 1.29 is 19.4 Å². The van der Waals surface area contributed by atoms with E-state index in [2.05, 4.69) is 21.0 Å². The van der Waals surface area contributed by atoms with Gasteiger partial charge in [-0.15, -0.1) is 0 Å². The number of anilines is 1. The Bertz CT molecular complexity index is 1610. The lowest BCUT2D eigenvalue weighted by Crippen LogP contribution is -2.71. The van der Waals surface area contributed by atoms with Crippen LogP contribution in [0.2, 0.25) is 0 Å². The summed E-state index contributed by atoms with van der Waals surface area (Å²) >= 11 is 0. The fourth-order valence-corrected chi connectivity index (χ4v) is 7.10. The third-order valence-corrected chi connectivity index (χ3v) is 9.11. The highest BCUT2D eigenvalue weighted by atomic mass is 16.5. The highest BCUT2D eigenvalue weighted by molar-refractivity contribution is 6.42. The molecule has 8 heterocycles. The number of carbonyl (C=O) groups excluding carboxylic acids is 1. The van der Waals surface area contributed by atoms with Crippen molar-refractivity contribution in [2.75, 3.05) is 44.4 Å². The molecule has 0 aromatic carbocycles. The molecule has 4 atom stereocenters. The minimum atomic E-state index is -0.352. The molecule has 5 fully saturated rings. The predicted molar refractivity (Wildman–Crippen MR) is 158 cm³/mol. The second-order valence-electron chi connectivity index (χ2n) is 11.8. The molecule has 0 spiro atoms. The largest absolute Gasteiger partial charge is 0.513 e. The van der Waals surface area contributed by atoms with Crippen molar-refractivity contribution in [2.45, 2.75) is 50.4 Å². The third-order valence-electron chi connectivity index (χ3n) is 9.11. The molecule has 0 aliphatic carbocycles. The van der Waals surface area contributed by atoms with E-state index >= 15 is 0 Å². The van der Waals surface area contributed by atoms with Crippen LogP contribution in [0.25, 0.3) is 16.6 Å². The number of aliphatic hydroxyl groups excluding tert-OH is 1. The first-order valence-corrected chi connectivity index (χ1v) is 14.8. The molecule has 1 amide bonds. The van der Waals surface area contributed by atoms with Crippen LogP contribution < -0.4 is 9.64 Å². The Morgan fingerprint density at radius 2 is 1.98 bits per heavy atom. The van der Waals surface area contributed by atoms with Crippen molar-refractivity contribution in [3.05, 3.63) is 54.2 Å². The number of nitriles is 1. The smallest absolute Gasteiger partial charge is 0.272 e. The molecule has 3 aromatic heterocycles. The maximum atomic E-state index is 12.7. The molecular weight excluding hydrogens is 548 g/mol. The normalized spacial score (nSPS) is 25.0. The summed E-state index contributed by atoms with van der Waals surface area (Å²) in [6.45, 7) is 5.68. The topological polar surface area (TPSA) is 143 Å². The average molecular weight is 583 g/mol. The first kappa shape index (κ1) is 27.4. The van der Waals surface area contributed by atoms with Gasteiger partial charge in [-0.25, -0.2) is 9.50 Å². The highest BCUT2D eigenvalue weighted by Gasteiger charge is 2.48. The Balaban J connectivity index is 1.07. The fraction of sp³-hybridized carbons (Fsp3) is 0.452. The third kappa shape index (κ3) is 4.98. The summed E-state index contributed by atoms with van der Waals surface area (Å²) in [7, 11) is 0. The zero-order chi connectivity index (χ0) is 29.7. The van der Waals surface area contributed by atoms with Crippen molar-refractivity contribution in [2.24, 2.45) is 0 Å². The number of allylic oxidation sites excluding steroid dienone is 1. The molecule has 8 rings (SSSR count). The van der Waals surface area contributed by atoms with Gasteiger partial charge in [0.05, 0.1) is 54.5 Å². The second kappa shape index (κ2) is 11.0. The summed E-state index contributed by atoms with van der Waals surface area (Å²) < 4.78 is 13.6. The predicted octanol–water partition coefficient (Wildman–Crippen LogP) is 2.78. The van der Waals surface area contributed by atoms with Gasteiger partial charge in [-0.2, -0.15) is 10.4 Å². The van der Waals surface area contributed by atoms with Gasteiger partial charge in [0, 0.05) is 55.1 Å². The van der Waals surface area contributed by atoms with Crippen molar-refractivity contribution in [3.63, 3.8) is 0 Å². The lowest BCUT2D eigenvalue weighted by Gasteiger charge is -2.56. The maximum absolute atomic E-state index is 12.7. The van der Waals surface area contributed by atoms with Gasteiger partial charge in [-0.05, 0) is 44.4 Å². The summed E-state index contributed by atoms with van der Waals surface area (Å²) in [6, 6.07) is 9.13. The molecule has 0 saturated carbocycles. The number of nitrogens with one attached hydrogen (secondary N) is 1. The van der Waals surface area contributed by atoms with Crippen LogP contribution in [0.3, 0.4) is 0 Å². The number of aliphatic hydroxyl groups is 1. The number of rotatable bonds is 8. The molecule has 12 heteroatoms. The number of piperidine rings is 1. The summed E-state index contributed by atoms with van der Waals surface area (Å²) in [5.41, 5.74) is 2.65. The van der Waals surface area contributed by atoms with Crippen LogP contribution in [-0.2, 0) is 9.53 Å². The number of hydrogen-bond donors (Lipinski definition) is 2. The van der Waals surface area contributed by atoms with Crippen LogP contribution in [0, 0.1) is 16.7 Å². The van der Waals surface area contributed by atoms with Gasteiger partial charge in [0.2, 0.25) is 0 Å². The maximum Gasteiger partial charge on any atom is 0.272 e. The number of hydrogen-bond acceptors (Lipinski definition) is 10. The summed E-state index contributed by atoms with van der Waals surface area (Å²) in [6.07, 6.45) is 9.63. The molecule has 43 heavy (non-hydrogen) atoms. The van der Waals surface area contributed by atoms with Gasteiger partial charge in [0.15, 0.2) is 0 Å². The van der Waals surface area contributed by atoms with E-state index in [4.69, 9.17) is 19.9 Å². The summed E-state index contributed by atoms with van der Waals surface area (Å²) in [4.78, 5) is 23.9. The van der Waals surface area contributed by atoms with Crippen LogP contribution in [0.5, 0.6) is 5.75 Å². The number of ether oxygens (including phenoxy) is 2. The molecular formula is C31H34N8O4. The first-order chi connectivity index (χ1) is 20.9. The molecule has 12 nitrogen and oxygen atoms in total. The summed E-state index contributed by atoms with van der Waals surface area (Å²) in [5.74, 6) is 1.08. The van der Waals surface area contributed by atoms with Gasteiger partial charge in [0.1, 0.15) is 30.0 Å². The molecule has 0 radical (unpaired) electrons. The van der Waals surface area contributed by atoms with E-state index in [9.17, 15) is 15.2 Å². The number of nitrogens with zero attached hydrogens (tertiary/aromatic N) is 7. The SMILES string of the molecule is C/C(O)=C/C(=N)C(=O)N1C2CC1CN(c1ccc(-c3cc(OCCN4C5CCC4COC5)cn4ncc(C#N)c34)cn1)C2. The Labute approximate surface area is 249 Å². The van der Waals surface area contributed by atoms with Gasteiger partial charge < -0.3 is 24.4 Å². The van der Waals surface area contributed by atoms with Crippen LogP contribution in [0.15, 0.2) is 48.6 Å². The quantitative estimate of drug-likeness (QED) is 0.303. The zero-order valence-corrected chi connectivity index (χ0v) is 24.0. The lowest BCUT2D eigenvalue weighted by molar-refractivity contribution is -0.138. The zero-order valence-electron chi connectivity index (χ0n) is 24.0. The van der Waals surface area contributed by atoms with E-state index in [1.165, 1.54) is 25.8 Å². The molecule has 5 aliphatic heterocycles. The summed E-state index contributed by atoms with van der Waals surface area (Å²) in [5, 5.41) is 31.6. The number of pyridine rings is 2. The van der Waals surface area contributed by atoms with E-state index in [0.29, 0.717) is 48.6 Å². The van der Waals surface area contributed by atoms with Gasteiger partial charge in [-0.1, -0.05) is 0 Å². The first-order valence-electron chi connectivity index (χ1n) is 14.8. The minimum absolute atomic E-state index is 0.00608. The molecule has 4 bridgehead atoms. The Morgan fingerprint density at radius 3 is 2.65 bits per heavy atom. The monoisotopic (exact) mass is 582 g/mol. The van der Waals surface area contributed by atoms with E-state index in [-0.39, 0.29) is 29.5 Å². The lowest BCUT2D eigenvalue weighted by atomic mass is 9.86. The van der Waals surface area contributed by atoms with Crippen molar-refractivity contribution in [1.82, 2.24) is 24.4 Å². The van der Waals surface area contributed by atoms with E-state index < -0.39 is 0 Å². The highest BCUT2D eigenvalue weighted by Crippen LogP contribution is 2.36. The van der Waals surface area contributed by atoms with Gasteiger partial charge in [-0.3, -0.25) is 15.1 Å². The van der Waals surface area contributed by atoms with Gasteiger partial charge in [0.25, 0.3) is 5.91 Å². The number of morpholine rings is 1. The molecule has 5 saturated heterocycles. The standard InChI is InChI=1S/C31H34N8O4/c1-19(40)8-28(33)31(41)39-24-9-25(39)15-36(14-24)29-5-2-20(12-34-29)27-10-26(16-38-30(27)21(11-32)13-35-38)43-7-6-37-22-3-4-23(37)18-42-17-22/h2,5,8,10,12-13,16,22-25,33,40H,3-4,6-7,9,14-15,17-18H2,1H3/b19-8-,33-28?. The van der Waals surface area contributed by atoms with Crippen LogP contribution in [0.1, 0.15) is 31.7 Å². The number of carbonyl (C=O) groups is 1. The van der Waals surface area contributed by atoms with E-state index in [1.807, 2.05) is 30.6 Å². The fourth-order valence-electron chi connectivity index (χ4n) is 7.10. The second-order valence-corrected chi connectivity index (χ2v) is 11.8. The van der Waals surface area contributed by atoms with E-state index in [1.54, 1.807) is 15.6 Å². The Morgan fingerprint density at radius 1 is 1.21 bits per heavy atom. The van der Waals surface area contributed by atoms with Gasteiger partial charge >= 0.3 is 0 Å². The number of amides is 1. The molecule has 3 aromatic rings. The molecule has 222 valence electrons. The van der Waals surface area contributed by atoms with E-state index in [0.717, 1.165) is 43.1 Å². The van der Waals surface area contributed by atoms with Crippen molar-refractivity contribution in [3.8, 4) is 22.9 Å². The number of fused-ring (bicyclic) bond motifs is 5. The Hall–Kier alpha value is -4.47. The number of piperazine rings is 1. The molecule has 5 aliphatic rings. The molecule has 4 unspecified atom stereocenters. The van der Waals surface area contributed by atoms with Crippen molar-refractivity contribution in [1.29, 1.82) is 10.7 Å². The molecule has 2 N–H and O–H groups in total.